The zero-order valence-corrected chi connectivity index (χ0v) is 16.4. The van der Waals surface area contributed by atoms with E-state index in [2.05, 4.69) is 36.6 Å². The molecule has 1 heterocycles. The van der Waals surface area contributed by atoms with Gasteiger partial charge in [0.05, 0.1) is 20.7 Å². The minimum atomic E-state index is 0.591. The van der Waals surface area contributed by atoms with Gasteiger partial charge in [-0.05, 0) is 35.7 Å². The monoisotopic (exact) mass is 393 g/mol. The molecule has 3 aromatic rings. The highest BCUT2D eigenvalue weighted by molar-refractivity contribution is 7.97. The van der Waals surface area contributed by atoms with Crippen molar-refractivity contribution in [2.45, 2.75) is 24.9 Å². The van der Waals surface area contributed by atoms with Crippen LogP contribution in [0.25, 0.3) is 0 Å². The van der Waals surface area contributed by atoms with Crippen LogP contribution >= 0.6 is 46.3 Å². The van der Waals surface area contributed by atoms with Gasteiger partial charge in [-0.1, -0.05) is 53.5 Å². The van der Waals surface area contributed by atoms with Crippen LogP contribution in [-0.2, 0) is 17.9 Å². The largest absolute Gasteiger partial charge is 0.245 e. The van der Waals surface area contributed by atoms with Crippen LogP contribution in [0.15, 0.2) is 47.8 Å². The summed E-state index contributed by atoms with van der Waals surface area (Å²) in [5, 5.41) is 4.45. The number of thioether (sulfide) groups is 1. The molecule has 0 unspecified atom stereocenters. The van der Waals surface area contributed by atoms with Gasteiger partial charge in [0, 0.05) is 23.3 Å². The lowest BCUT2D eigenvalue weighted by Gasteiger charge is -2.04. The van der Waals surface area contributed by atoms with Crippen LogP contribution < -0.4 is 0 Å². The highest BCUT2D eigenvalue weighted by Gasteiger charge is 2.06. The number of benzene rings is 2. The van der Waals surface area contributed by atoms with Gasteiger partial charge in [0.15, 0.2) is 0 Å². The van der Waals surface area contributed by atoms with E-state index in [-0.39, 0.29) is 0 Å². The maximum Gasteiger partial charge on any atom is 0.0972 e. The van der Waals surface area contributed by atoms with Crippen LogP contribution in [0.4, 0.5) is 0 Å². The van der Waals surface area contributed by atoms with Crippen molar-refractivity contribution in [1.29, 1.82) is 0 Å². The predicted octanol–water partition coefficient (Wildman–Crippen LogP) is 6.78. The number of nitrogens with zero attached hydrogens (tertiary/aromatic N) is 1. The maximum absolute atomic E-state index is 6.07. The molecule has 0 aliphatic carbocycles. The fraction of sp³-hybridized carbons (Fsp3) is 0.211. The summed E-state index contributed by atoms with van der Waals surface area (Å²) in [5.41, 5.74) is 5.03. The van der Waals surface area contributed by atoms with E-state index < -0.39 is 0 Å². The van der Waals surface area contributed by atoms with E-state index >= 15 is 0 Å². The van der Waals surface area contributed by atoms with E-state index in [1.54, 1.807) is 11.3 Å². The second-order valence-corrected chi connectivity index (χ2v) is 8.32. The van der Waals surface area contributed by atoms with Crippen LogP contribution in [0, 0.1) is 6.92 Å². The SMILES string of the molecule is Cc1ccccc1CSCc1csc(Cc2ccc(Cl)c(Cl)c2)n1. The van der Waals surface area contributed by atoms with Crippen molar-refractivity contribution in [3.05, 3.63) is 85.3 Å². The molecular formula is C19H17Cl2NS2. The fourth-order valence-corrected chi connectivity index (χ4v) is 4.62. The van der Waals surface area contributed by atoms with Crippen molar-refractivity contribution in [2.75, 3.05) is 0 Å². The summed E-state index contributed by atoms with van der Waals surface area (Å²) < 4.78 is 0. The molecule has 0 aliphatic heterocycles. The highest BCUT2D eigenvalue weighted by atomic mass is 35.5. The minimum Gasteiger partial charge on any atom is -0.245 e. The van der Waals surface area contributed by atoms with E-state index in [9.17, 15) is 0 Å². The molecule has 5 heteroatoms. The second-order valence-electron chi connectivity index (χ2n) is 5.58. The van der Waals surface area contributed by atoms with Gasteiger partial charge in [0.2, 0.25) is 0 Å². The lowest BCUT2D eigenvalue weighted by Crippen LogP contribution is -1.90. The first-order chi connectivity index (χ1) is 11.6. The highest BCUT2D eigenvalue weighted by Crippen LogP contribution is 2.26. The van der Waals surface area contributed by atoms with Crippen LogP contribution in [-0.4, -0.2) is 4.98 Å². The van der Waals surface area contributed by atoms with Crippen molar-refractivity contribution < 1.29 is 0 Å². The van der Waals surface area contributed by atoms with Crippen LogP contribution in [0.3, 0.4) is 0 Å². The van der Waals surface area contributed by atoms with Gasteiger partial charge >= 0.3 is 0 Å². The molecule has 0 spiro atoms. The van der Waals surface area contributed by atoms with Gasteiger partial charge in [-0.25, -0.2) is 4.98 Å². The Bertz CT molecular complexity index is 830. The predicted molar refractivity (Wildman–Crippen MR) is 108 cm³/mol. The summed E-state index contributed by atoms with van der Waals surface area (Å²) in [5.74, 6) is 1.96. The maximum atomic E-state index is 6.07. The zero-order valence-electron chi connectivity index (χ0n) is 13.3. The molecule has 1 nitrogen and oxygen atoms in total. The third-order valence-electron chi connectivity index (χ3n) is 3.71. The van der Waals surface area contributed by atoms with Gasteiger partial charge in [-0.3, -0.25) is 0 Å². The Labute approximate surface area is 161 Å². The lowest BCUT2D eigenvalue weighted by atomic mass is 10.1. The summed E-state index contributed by atoms with van der Waals surface area (Å²) in [6.45, 7) is 2.16. The number of hydrogen-bond donors (Lipinski definition) is 0. The van der Waals surface area contributed by atoms with Gasteiger partial charge in [-0.2, -0.15) is 11.8 Å². The van der Waals surface area contributed by atoms with Crippen molar-refractivity contribution in [3.8, 4) is 0 Å². The molecular weight excluding hydrogens is 377 g/mol. The van der Waals surface area contributed by atoms with Gasteiger partial charge in [-0.15, -0.1) is 11.3 Å². The normalized spacial score (nSPS) is 11.0. The number of aromatic nitrogens is 1. The molecule has 2 aromatic carbocycles. The first-order valence-electron chi connectivity index (χ1n) is 7.61. The summed E-state index contributed by atoms with van der Waals surface area (Å²) in [6.07, 6.45) is 0.796. The molecule has 0 N–H and O–H groups in total. The molecule has 0 atom stereocenters. The van der Waals surface area contributed by atoms with Crippen molar-refractivity contribution in [2.24, 2.45) is 0 Å². The Balaban J connectivity index is 1.55. The van der Waals surface area contributed by atoms with E-state index in [1.165, 1.54) is 11.1 Å². The smallest absolute Gasteiger partial charge is 0.0972 e. The Morgan fingerprint density at radius 3 is 2.67 bits per heavy atom. The van der Waals surface area contributed by atoms with Gasteiger partial charge in [0.1, 0.15) is 0 Å². The van der Waals surface area contributed by atoms with E-state index in [4.69, 9.17) is 28.2 Å². The van der Waals surface area contributed by atoms with Crippen molar-refractivity contribution in [3.63, 3.8) is 0 Å². The molecule has 24 heavy (non-hydrogen) atoms. The van der Waals surface area contributed by atoms with Crippen molar-refractivity contribution >= 4 is 46.3 Å². The average Bonchev–Trinajstić information content (AvgIpc) is 3.00. The van der Waals surface area contributed by atoms with E-state index in [1.807, 2.05) is 30.0 Å². The minimum absolute atomic E-state index is 0.591. The number of thiazole rings is 1. The first-order valence-corrected chi connectivity index (χ1v) is 10.4. The number of halogens is 2. The van der Waals surface area contributed by atoms with E-state index in [0.717, 1.165) is 34.2 Å². The van der Waals surface area contributed by atoms with Crippen LogP contribution in [0.5, 0.6) is 0 Å². The Morgan fingerprint density at radius 2 is 1.88 bits per heavy atom. The zero-order chi connectivity index (χ0) is 16.9. The number of hydrogen-bond acceptors (Lipinski definition) is 3. The van der Waals surface area contributed by atoms with Crippen LogP contribution in [0.2, 0.25) is 10.0 Å². The molecule has 0 saturated carbocycles. The molecule has 3 rings (SSSR count). The molecule has 124 valence electrons. The van der Waals surface area contributed by atoms with Crippen LogP contribution in [0.1, 0.15) is 27.4 Å². The third kappa shape index (κ3) is 4.76. The van der Waals surface area contributed by atoms with Crippen molar-refractivity contribution in [1.82, 2.24) is 4.98 Å². The fourth-order valence-electron chi connectivity index (χ4n) is 2.36. The topological polar surface area (TPSA) is 12.9 Å². The summed E-state index contributed by atoms with van der Waals surface area (Å²) >= 11 is 15.6. The Morgan fingerprint density at radius 1 is 1.04 bits per heavy atom. The number of rotatable bonds is 6. The summed E-state index contributed by atoms with van der Waals surface area (Å²) in [6, 6.07) is 14.3. The van der Waals surface area contributed by atoms with E-state index in [0.29, 0.717) is 10.0 Å². The first kappa shape index (κ1) is 17.8. The molecule has 0 bridgehead atoms. The Hall–Kier alpha value is -1.00. The molecule has 1 aromatic heterocycles. The quantitative estimate of drug-likeness (QED) is 0.457. The third-order valence-corrected chi connectivity index (χ3v) is 6.36. The number of aryl methyl sites for hydroxylation is 1. The van der Waals surface area contributed by atoms with Gasteiger partial charge in [0.25, 0.3) is 0 Å². The second kappa shape index (κ2) is 8.39. The molecule has 0 radical (unpaired) electrons. The van der Waals surface area contributed by atoms with Gasteiger partial charge < -0.3 is 0 Å². The molecule has 0 fully saturated rings. The standard InChI is InChI=1S/C19H17Cl2NS2/c1-13-4-2-3-5-15(13)10-23-11-16-12-24-19(22-16)9-14-6-7-17(20)18(21)8-14/h2-8,12H,9-11H2,1H3. The average molecular weight is 394 g/mol. The molecule has 0 amide bonds. The Kier molecular flexibility index (Phi) is 6.23. The summed E-state index contributed by atoms with van der Waals surface area (Å²) in [4.78, 5) is 4.73. The summed E-state index contributed by atoms with van der Waals surface area (Å²) in [7, 11) is 0. The molecule has 0 saturated heterocycles. The molecule has 0 aliphatic rings. The lowest BCUT2D eigenvalue weighted by molar-refractivity contribution is 1.09.